The van der Waals surface area contributed by atoms with E-state index in [-0.39, 0.29) is 12.4 Å². The van der Waals surface area contributed by atoms with Crippen LogP contribution in [0.3, 0.4) is 0 Å². The Balaban J connectivity index is 1.37. The van der Waals surface area contributed by atoms with E-state index in [2.05, 4.69) is 10.5 Å². The number of carbonyl (C=O) groups excluding carboxylic acids is 2. The highest BCUT2D eigenvalue weighted by molar-refractivity contribution is 5.95. The highest BCUT2D eigenvalue weighted by Gasteiger charge is 2.19. The summed E-state index contributed by atoms with van der Waals surface area (Å²) in [6.07, 6.45) is 1.47. The largest absolute Gasteiger partial charge is 0.493 e. The SMILES string of the molecule is COc1cc(C(=O)Oc2ccc(/C=N/NC(=O)c3ccc4c(c3)OCO4)cc2)cc(OC)c1OC. The molecule has 0 atom stereocenters. The fourth-order valence-electron chi connectivity index (χ4n) is 3.25. The Bertz CT molecular complexity index is 1250. The average Bonchev–Trinajstić information content (AvgIpc) is 3.36. The lowest BCUT2D eigenvalue weighted by Gasteiger charge is -2.13. The Morgan fingerprint density at radius 2 is 1.54 bits per heavy atom. The van der Waals surface area contributed by atoms with E-state index in [0.29, 0.717) is 45.6 Å². The van der Waals surface area contributed by atoms with Gasteiger partial charge in [-0.15, -0.1) is 0 Å². The van der Waals surface area contributed by atoms with Crippen LogP contribution in [0.1, 0.15) is 26.3 Å². The van der Waals surface area contributed by atoms with Crippen molar-refractivity contribution in [1.82, 2.24) is 5.43 Å². The first-order valence-electron chi connectivity index (χ1n) is 10.4. The maximum absolute atomic E-state index is 12.6. The molecule has 0 saturated heterocycles. The molecule has 180 valence electrons. The van der Waals surface area contributed by atoms with Crippen LogP contribution in [-0.2, 0) is 0 Å². The summed E-state index contributed by atoms with van der Waals surface area (Å²) in [4.78, 5) is 24.9. The fourth-order valence-corrected chi connectivity index (χ4v) is 3.25. The van der Waals surface area contributed by atoms with E-state index in [1.54, 1.807) is 42.5 Å². The van der Waals surface area contributed by atoms with E-state index >= 15 is 0 Å². The van der Waals surface area contributed by atoms with Crippen LogP contribution in [0.2, 0.25) is 0 Å². The lowest BCUT2D eigenvalue weighted by molar-refractivity contribution is 0.0733. The van der Waals surface area contributed by atoms with Crippen LogP contribution in [0.25, 0.3) is 0 Å². The van der Waals surface area contributed by atoms with Crippen LogP contribution in [0, 0.1) is 0 Å². The molecular formula is C25H22N2O8. The molecule has 1 amide bonds. The molecule has 1 aliphatic heterocycles. The molecular weight excluding hydrogens is 456 g/mol. The predicted octanol–water partition coefficient (Wildman–Crippen LogP) is 3.42. The average molecular weight is 478 g/mol. The molecule has 3 aromatic carbocycles. The number of carbonyl (C=O) groups is 2. The number of benzene rings is 3. The van der Waals surface area contributed by atoms with Crippen molar-refractivity contribution in [3.8, 4) is 34.5 Å². The molecule has 10 nitrogen and oxygen atoms in total. The van der Waals surface area contributed by atoms with Crippen molar-refractivity contribution in [1.29, 1.82) is 0 Å². The molecule has 0 unspecified atom stereocenters. The molecule has 1 N–H and O–H groups in total. The number of nitrogens with one attached hydrogen (secondary N) is 1. The Hall–Kier alpha value is -4.73. The van der Waals surface area contributed by atoms with Gasteiger partial charge in [0.1, 0.15) is 5.75 Å². The maximum atomic E-state index is 12.6. The van der Waals surface area contributed by atoms with Gasteiger partial charge in [0.25, 0.3) is 5.91 Å². The number of methoxy groups -OCH3 is 3. The Morgan fingerprint density at radius 3 is 2.20 bits per heavy atom. The van der Waals surface area contributed by atoms with Crippen molar-refractivity contribution in [3.63, 3.8) is 0 Å². The normalized spacial score (nSPS) is 11.7. The Kier molecular flexibility index (Phi) is 7.01. The summed E-state index contributed by atoms with van der Waals surface area (Å²) in [5.74, 6) is 1.50. The van der Waals surface area contributed by atoms with Gasteiger partial charge in [-0.1, -0.05) is 0 Å². The van der Waals surface area contributed by atoms with Crippen LogP contribution in [0.15, 0.2) is 59.7 Å². The van der Waals surface area contributed by atoms with Gasteiger partial charge in [0, 0.05) is 5.56 Å². The summed E-state index contributed by atoms with van der Waals surface area (Å²) in [6.45, 7) is 0.131. The van der Waals surface area contributed by atoms with E-state index in [1.807, 2.05) is 0 Å². The highest BCUT2D eigenvalue weighted by Crippen LogP contribution is 2.38. The number of nitrogens with zero attached hydrogens (tertiary/aromatic N) is 1. The quantitative estimate of drug-likeness (QED) is 0.227. The number of amides is 1. The lowest BCUT2D eigenvalue weighted by atomic mass is 10.2. The molecule has 1 aliphatic rings. The van der Waals surface area contributed by atoms with E-state index in [4.69, 9.17) is 28.4 Å². The number of fused-ring (bicyclic) bond motifs is 1. The molecule has 0 radical (unpaired) electrons. The second-order valence-corrected chi connectivity index (χ2v) is 7.14. The van der Waals surface area contributed by atoms with Crippen molar-refractivity contribution in [2.45, 2.75) is 0 Å². The minimum atomic E-state index is -0.596. The third-order valence-electron chi connectivity index (χ3n) is 5.01. The molecule has 0 aliphatic carbocycles. The zero-order valence-corrected chi connectivity index (χ0v) is 19.2. The van der Waals surface area contributed by atoms with Gasteiger partial charge < -0.3 is 28.4 Å². The molecule has 0 saturated carbocycles. The monoisotopic (exact) mass is 478 g/mol. The standard InChI is InChI=1S/C25H22N2O8/c1-30-21-11-17(12-22(31-2)23(21)32-3)25(29)35-18-7-4-15(5-8-18)13-26-27-24(28)16-6-9-19-20(10-16)34-14-33-19/h4-13H,14H2,1-3H3,(H,27,28)/b26-13+. The fraction of sp³-hybridized carbons (Fsp3) is 0.160. The molecule has 35 heavy (non-hydrogen) atoms. The van der Waals surface area contributed by atoms with Crippen LogP contribution in [0.5, 0.6) is 34.5 Å². The van der Waals surface area contributed by atoms with Gasteiger partial charge in [0.2, 0.25) is 12.5 Å². The predicted molar refractivity (Wildman–Crippen MR) is 125 cm³/mol. The van der Waals surface area contributed by atoms with Gasteiger partial charge in [-0.25, -0.2) is 10.2 Å². The first kappa shape index (κ1) is 23.4. The van der Waals surface area contributed by atoms with E-state index < -0.39 is 11.9 Å². The van der Waals surface area contributed by atoms with Gasteiger partial charge in [0.05, 0.1) is 33.1 Å². The first-order chi connectivity index (χ1) is 17.0. The van der Waals surface area contributed by atoms with Gasteiger partial charge in [-0.2, -0.15) is 5.10 Å². The van der Waals surface area contributed by atoms with E-state index in [0.717, 1.165) is 0 Å². The molecule has 0 aromatic heterocycles. The third-order valence-corrected chi connectivity index (χ3v) is 5.01. The first-order valence-corrected chi connectivity index (χ1v) is 10.4. The lowest BCUT2D eigenvalue weighted by Crippen LogP contribution is -2.17. The summed E-state index contributed by atoms with van der Waals surface area (Å²) < 4.78 is 31.7. The van der Waals surface area contributed by atoms with Gasteiger partial charge in [0.15, 0.2) is 23.0 Å². The van der Waals surface area contributed by atoms with Crippen molar-refractivity contribution in [2.75, 3.05) is 28.1 Å². The van der Waals surface area contributed by atoms with Crippen molar-refractivity contribution < 1.29 is 38.0 Å². The van der Waals surface area contributed by atoms with Crippen LogP contribution < -0.4 is 33.8 Å². The number of rotatable bonds is 8. The third kappa shape index (κ3) is 5.27. The second kappa shape index (κ2) is 10.5. The van der Waals surface area contributed by atoms with Crippen LogP contribution in [-0.4, -0.2) is 46.2 Å². The molecule has 4 rings (SSSR count). The molecule has 10 heteroatoms. The smallest absolute Gasteiger partial charge is 0.343 e. The zero-order chi connectivity index (χ0) is 24.8. The number of hydrogen-bond donors (Lipinski definition) is 1. The van der Waals surface area contributed by atoms with Crippen LogP contribution in [0.4, 0.5) is 0 Å². The van der Waals surface area contributed by atoms with Crippen LogP contribution >= 0.6 is 0 Å². The highest BCUT2D eigenvalue weighted by atomic mass is 16.7. The molecule has 1 heterocycles. The zero-order valence-electron chi connectivity index (χ0n) is 19.2. The number of ether oxygens (including phenoxy) is 6. The summed E-state index contributed by atoms with van der Waals surface area (Å²) in [6, 6.07) is 14.5. The van der Waals surface area contributed by atoms with Crippen molar-refractivity contribution in [2.24, 2.45) is 5.10 Å². The number of hydrogen-bond acceptors (Lipinski definition) is 9. The van der Waals surface area contributed by atoms with E-state index in [1.165, 1.54) is 39.7 Å². The van der Waals surface area contributed by atoms with E-state index in [9.17, 15) is 9.59 Å². The summed E-state index contributed by atoms with van der Waals surface area (Å²) in [5.41, 5.74) is 3.76. The minimum Gasteiger partial charge on any atom is -0.493 e. The second-order valence-electron chi connectivity index (χ2n) is 7.14. The van der Waals surface area contributed by atoms with Gasteiger partial charge in [-0.3, -0.25) is 4.79 Å². The van der Waals surface area contributed by atoms with Gasteiger partial charge >= 0.3 is 5.97 Å². The number of hydrazone groups is 1. The summed E-state index contributed by atoms with van der Waals surface area (Å²) in [7, 11) is 4.40. The minimum absolute atomic E-state index is 0.131. The van der Waals surface area contributed by atoms with Crippen molar-refractivity contribution >= 4 is 18.1 Å². The molecule has 0 fully saturated rings. The van der Waals surface area contributed by atoms with Crippen molar-refractivity contribution in [3.05, 3.63) is 71.3 Å². The van der Waals surface area contributed by atoms with Gasteiger partial charge in [-0.05, 0) is 60.2 Å². The Labute approximate surface area is 201 Å². The number of esters is 1. The summed E-state index contributed by atoms with van der Waals surface area (Å²) >= 11 is 0. The molecule has 3 aromatic rings. The topological polar surface area (TPSA) is 114 Å². The molecule has 0 spiro atoms. The maximum Gasteiger partial charge on any atom is 0.343 e. The molecule has 0 bridgehead atoms. The Morgan fingerprint density at radius 1 is 0.857 bits per heavy atom. The summed E-state index contributed by atoms with van der Waals surface area (Å²) in [5, 5.41) is 3.96.